The molecular formula is C4H4AlBaO6+3. The van der Waals surface area contributed by atoms with Crippen LogP contribution in [0.15, 0.2) is 0 Å². The minimum Gasteiger partial charge on any atom is -0.547 e. The van der Waals surface area contributed by atoms with Crippen molar-refractivity contribution in [2.75, 3.05) is 0 Å². The number of carboxylic acids is 2. The van der Waals surface area contributed by atoms with E-state index in [4.69, 9.17) is 10.2 Å². The summed E-state index contributed by atoms with van der Waals surface area (Å²) >= 11 is 0. The molecule has 0 bridgehead atoms. The van der Waals surface area contributed by atoms with Gasteiger partial charge in [-0.2, -0.15) is 0 Å². The molecule has 0 aliphatic rings. The second-order valence-corrected chi connectivity index (χ2v) is 1.53. The molecule has 0 heterocycles. The van der Waals surface area contributed by atoms with Crippen LogP contribution in [0, 0.1) is 0 Å². The van der Waals surface area contributed by atoms with Gasteiger partial charge in [0.15, 0.2) is 0 Å². The Hall–Kier alpha value is 0.964. The smallest absolute Gasteiger partial charge is 0.547 e. The summed E-state index contributed by atoms with van der Waals surface area (Å²) in [5, 5.41) is 35.7. The van der Waals surface area contributed by atoms with Crippen molar-refractivity contribution in [1.82, 2.24) is 0 Å². The Kier molecular flexibility index (Phi) is 13.3. The zero-order chi connectivity index (χ0) is 8.31. The molecule has 0 radical (unpaired) electrons. The number of carbonyl (C=O) groups is 2. The Morgan fingerprint density at radius 2 is 1.17 bits per heavy atom. The average Bonchev–Trinajstić information content (AvgIpc) is 1.84. The zero-order valence-corrected chi connectivity index (χ0v) is 11.6. The van der Waals surface area contributed by atoms with Crippen molar-refractivity contribution in [2.24, 2.45) is 0 Å². The van der Waals surface area contributed by atoms with Gasteiger partial charge < -0.3 is 30.0 Å². The second-order valence-electron chi connectivity index (χ2n) is 1.53. The van der Waals surface area contributed by atoms with Crippen LogP contribution in [0.25, 0.3) is 0 Å². The van der Waals surface area contributed by atoms with E-state index < -0.39 is 24.1 Å². The summed E-state index contributed by atoms with van der Waals surface area (Å²) in [6, 6.07) is 0. The van der Waals surface area contributed by atoms with Crippen molar-refractivity contribution in [1.29, 1.82) is 0 Å². The number of rotatable bonds is 3. The monoisotopic (exact) mass is 313 g/mol. The first-order valence-electron chi connectivity index (χ1n) is 2.24. The van der Waals surface area contributed by atoms with Gasteiger partial charge in [0.1, 0.15) is 12.2 Å². The first-order valence-corrected chi connectivity index (χ1v) is 2.24. The fraction of sp³-hybridized carbons (Fsp3) is 0.500. The number of hydrogen-bond donors (Lipinski definition) is 2. The first kappa shape index (κ1) is 18.7. The first-order chi connectivity index (χ1) is 4.46. The Morgan fingerprint density at radius 1 is 1.00 bits per heavy atom. The second kappa shape index (κ2) is 8.56. The molecule has 2 N–H and O–H groups in total. The Balaban J connectivity index is -0.000000405. The number of carboxylic acid groups (broad SMARTS) is 2. The van der Waals surface area contributed by atoms with Gasteiger partial charge in [0.05, 0.1) is 11.9 Å². The van der Waals surface area contributed by atoms with Crippen LogP contribution < -0.4 is 10.2 Å². The zero-order valence-electron chi connectivity index (χ0n) is 5.97. The third kappa shape index (κ3) is 6.48. The fourth-order valence-corrected chi connectivity index (χ4v) is 0.258. The van der Waals surface area contributed by atoms with E-state index >= 15 is 0 Å². The normalized spacial score (nSPS) is 13.2. The molecule has 0 aromatic rings. The van der Waals surface area contributed by atoms with Crippen LogP contribution in [0.1, 0.15) is 0 Å². The van der Waals surface area contributed by atoms with Crippen LogP contribution >= 0.6 is 0 Å². The fourth-order valence-electron chi connectivity index (χ4n) is 0.258. The molecule has 0 amide bonds. The van der Waals surface area contributed by atoms with Gasteiger partial charge in [0.25, 0.3) is 0 Å². The molecule has 58 valence electrons. The van der Waals surface area contributed by atoms with Crippen molar-refractivity contribution in [2.45, 2.75) is 12.2 Å². The number of aliphatic hydroxyl groups excluding tert-OH is 2. The molecule has 0 saturated carbocycles. The molecule has 0 aromatic heterocycles. The van der Waals surface area contributed by atoms with Gasteiger partial charge in [-0.15, -0.1) is 0 Å². The van der Waals surface area contributed by atoms with Crippen LogP contribution in [0.2, 0.25) is 0 Å². The van der Waals surface area contributed by atoms with Crippen molar-refractivity contribution < 1.29 is 30.0 Å². The third-order valence-corrected chi connectivity index (χ3v) is 0.782. The van der Waals surface area contributed by atoms with Gasteiger partial charge in [0, 0.05) is 0 Å². The molecule has 0 rings (SSSR count). The molecule has 0 spiro atoms. The SMILES string of the molecule is O=C([O-])C(O)C(O)C(=O)[O-].[Al+3].[Ba+2]. The van der Waals surface area contributed by atoms with E-state index in [2.05, 4.69) is 0 Å². The molecule has 6 nitrogen and oxygen atoms in total. The Morgan fingerprint density at radius 3 is 1.25 bits per heavy atom. The molecule has 0 aliphatic heterocycles. The summed E-state index contributed by atoms with van der Waals surface area (Å²) in [4.78, 5) is 19.3. The van der Waals surface area contributed by atoms with Crippen molar-refractivity contribution >= 4 is 78.2 Å². The predicted octanol–water partition coefficient (Wildman–Crippen LogP) is -5.55. The van der Waals surface area contributed by atoms with Crippen LogP contribution in [0.3, 0.4) is 0 Å². The predicted molar refractivity (Wildman–Crippen MR) is 33.5 cm³/mol. The summed E-state index contributed by atoms with van der Waals surface area (Å²) in [6.07, 6.45) is -4.88. The maximum absolute atomic E-state index is 9.63. The van der Waals surface area contributed by atoms with Crippen LogP contribution in [-0.4, -0.2) is 101 Å². The molecule has 2 unspecified atom stereocenters. The van der Waals surface area contributed by atoms with E-state index in [0.29, 0.717) is 0 Å². The van der Waals surface area contributed by atoms with Gasteiger partial charge in [0.2, 0.25) is 0 Å². The summed E-state index contributed by atoms with van der Waals surface area (Å²) in [6.45, 7) is 0. The summed E-state index contributed by atoms with van der Waals surface area (Å²) < 4.78 is 0. The molecule has 0 aliphatic carbocycles. The van der Waals surface area contributed by atoms with Gasteiger partial charge in [-0.25, -0.2) is 0 Å². The van der Waals surface area contributed by atoms with Crippen LogP contribution in [0.4, 0.5) is 0 Å². The largest absolute Gasteiger partial charge is 3.00 e. The molecule has 0 fully saturated rings. The van der Waals surface area contributed by atoms with Crippen molar-refractivity contribution in [3.05, 3.63) is 0 Å². The molecule has 0 aromatic carbocycles. The average molecular weight is 312 g/mol. The van der Waals surface area contributed by atoms with Crippen molar-refractivity contribution in [3.63, 3.8) is 0 Å². The van der Waals surface area contributed by atoms with Gasteiger partial charge >= 0.3 is 66.2 Å². The van der Waals surface area contributed by atoms with Crippen molar-refractivity contribution in [3.8, 4) is 0 Å². The number of aliphatic hydroxyl groups is 2. The van der Waals surface area contributed by atoms with Gasteiger partial charge in [-0.05, 0) is 0 Å². The van der Waals surface area contributed by atoms with E-state index in [1.54, 1.807) is 0 Å². The minimum absolute atomic E-state index is 0. The number of hydrogen-bond acceptors (Lipinski definition) is 6. The Labute approximate surface area is 119 Å². The topological polar surface area (TPSA) is 121 Å². The molecule has 12 heavy (non-hydrogen) atoms. The molecule has 8 heteroatoms. The number of carbonyl (C=O) groups excluding carboxylic acids is 2. The molecule has 2 atom stereocenters. The third-order valence-electron chi connectivity index (χ3n) is 0.782. The van der Waals surface area contributed by atoms with Gasteiger partial charge in [-0.1, -0.05) is 0 Å². The number of aliphatic carboxylic acids is 2. The van der Waals surface area contributed by atoms with Crippen LogP contribution in [-0.2, 0) is 9.59 Å². The molecule has 0 saturated heterocycles. The summed E-state index contributed by atoms with van der Waals surface area (Å²) in [5.74, 6) is -4.12. The molecular weight excluding hydrogens is 308 g/mol. The van der Waals surface area contributed by atoms with E-state index in [9.17, 15) is 19.8 Å². The summed E-state index contributed by atoms with van der Waals surface area (Å²) in [7, 11) is 0. The van der Waals surface area contributed by atoms with E-state index in [0.717, 1.165) is 0 Å². The van der Waals surface area contributed by atoms with Crippen LogP contribution in [0.5, 0.6) is 0 Å². The van der Waals surface area contributed by atoms with E-state index in [-0.39, 0.29) is 66.2 Å². The quantitative estimate of drug-likeness (QED) is 0.501. The van der Waals surface area contributed by atoms with E-state index in [1.807, 2.05) is 0 Å². The maximum Gasteiger partial charge on any atom is 3.00 e. The van der Waals surface area contributed by atoms with Gasteiger partial charge in [-0.3, -0.25) is 0 Å². The minimum atomic E-state index is -2.44. The maximum atomic E-state index is 9.63. The summed E-state index contributed by atoms with van der Waals surface area (Å²) in [5.41, 5.74) is 0. The van der Waals surface area contributed by atoms with E-state index in [1.165, 1.54) is 0 Å². The standard InChI is InChI=1S/C4H6O6.Al.Ba/c5-1(3(7)8)2(6)4(9)10;;/h1-2,5-6H,(H,7,8)(H,9,10);;/q;+3;+2/p-2. The Bertz CT molecular complexity index is 144.